The Hall–Kier alpha value is -3.03. The number of nitro benzene ring substituents is 1. The summed E-state index contributed by atoms with van der Waals surface area (Å²) in [7, 11) is 0. The van der Waals surface area contributed by atoms with Crippen LogP contribution in [0.25, 0.3) is 0 Å². The van der Waals surface area contributed by atoms with Crippen molar-refractivity contribution in [3.8, 4) is 17.2 Å². The van der Waals surface area contributed by atoms with Crippen LogP contribution in [0.4, 0.5) is 71.5 Å². The second kappa shape index (κ2) is 8.08. The van der Waals surface area contributed by atoms with E-state index in [4.69, 9.17) is 0 Å². The monoisotopic (exact) mass is 525 g/mol. The molecule has 0 aliphatic rings. The maximum Gasteiger partial charge on any atom is 0.499 e. The summed E-state index contributed by atoms with van der Waals surface area (Å²) in [5, 5.41) is 10.8. The minimum atomic E-state index is -6.91. The third kappa shape index (κ3) is 5.86. The molecule has 0 spiro atoms. The van der Waals surface area contributed by atoms with E-state index in [1.165, 1.54) is 0 Å². The zero-order valence-electron chi connectivity index (χ0n) is 14.3. The molecular formula is C12H2F15NO5. The molecule has 1 rings (SSSR count). The van der Waals surface area contributed by atoms with Crippen molar-refractivity contribution in [1.82, 2.24) is 0 Å². The Morgan fingerprint density at radius 2 is 0.909 bits per heavy atom. The van der Waals surface area contributed by atoms with E-state index in [0.717, 1.165) is 0 Å². The largest absolute Gasteiger partial charge is 0.499 e. The highest BCUT2D eigenvalue weighted by Crippen LogP contribution is 2.53. The van der Waals surface area contributed by atoms with Gasteiger partial charge in [0.15, 0.2) is 5.75 Å². The maximum atomic E-state index is 13.2. The van der Waals surface area contributed by atoms with Crippen LogP contribution in [0.2, 0.25) is 0 Å². The Morgan fingerprint density at radius 1 is 0.576 bits per heavy atom. The van der Waals surface area contributed by atoms with Gasteiger partial charge in [0.25, 0.3) is 0 Å². The van der Waals surface area contributed by atoms with Crippen LogP contribution in [0, 0.1) is 10.1 Å². The van der Waals surface area contributed by atoms with Gasteiger partial charge >= 0.3 is 42.5 Å². The molecule has 190 valence electrons. The molecule has 0 fully saturated rings. The summed E-state index contributed by atoms with van der Waals surface area (Å²) < 4.78 is 198. The molecule has 0 aliphatic heterocycles. The number of nitrogens with zero attached hydrogens (tertiary/aromatic N) is 1. The van der Waals surface area contributed by atoms with Gasteiger partial charge in [-0.25, -0.2) is 0 Å². The summed E-state index contributed by atoms with van der Waals surface area (Å²) in [4.78, 5) is 8.73. The lowest BCUT2D eigenvalue weighted by Crippen LogP contribution is -2.44. The first-order valence-electron chi connectivity index (χ1n) is 7.06. The SMILES string of the molecule is O=[N+]([O-])c1ccc(OC(F)(F)C(F)(F)F)c(OC(F)(F)C(F)(F)F)c1OC(F)(F)C(F)(F)F. The topological polar surface area (TPSA) is 70.8 Å². The minimum Gasteiger partial charge on any atom is -0.422 e. The lowest BCUT2D eigenvalue weighted by Gasteiger charge is -2.27. The van der Waals surface area contributed by atoms with Gasteiger partial charge in [0.05, 0.1) is 4.92 Å². The van der Waals surface area contributed by atoms with E-state index in [0.29, 0.717) is 0 Å². The first kappa shape index (κ1) is 28.0. The molecule has 0 aromatic heterocycles. The summed E-state index contributed by atoms with van der Waals surface area (Å²) in [6.07, 6.45) is -40.4. The lowest BCUT2D eigenvalue weighted by molar-refractivity contribution is -0.394. The summed E-state index contributed by atoms with van der Waals surface area (Å²) >= 11 is 0. The van der Waals surface area contributed by atoms with Gasteiger partial charge in [-0.1, -0.05) is 0 Å². The lowest BCUT2D eigenvalue weighted by atomic mass is 10.2. The third-order valence-electron chi connectivity index (χ3n) is 2.94. The summed E-state index contributed by atoms with van der Waals surface area (Å²) in [6, 6.07) is -1.07. The number of benzene rings is 1. The number of hydrogen-bond donors (Lipinski definition) is 0. The van der Waals surface area contributed by atoms with E-state index in [-0.39, 0.29) is 0 Å². The standard InChI is InChI=1S/C12H2F15NO5/c13-7(14,15)10(22,23)31-4-2-1-3(28(29)30)5(32-11(24,25)8(16,17)18)6(4)33-12(26,27)9(19,20)21/h1-2H. The molecule has 0 bridgehead atoms. The van der Waals surface area contributed by atoms with E-state index >= 15 is 0 Å². The van der Waals surface area contributed by atoms with Crippen molar-refractivity contribution < 1.29 is 85.0 Å². The third-order valence-corrected chi connectivity index (χ3v) is 2.94. The highest BCUT2D eigenvalue weighted by atomic mass is 19.4. The molecule has 0 atom stereocenters. The molecule has 21 heteroatoms. The van der Waals surface area contributed by atoms with Gasteiger partial charge in [0.2, 0.25) is 11.5 Å². The zero-order chi connectivity index (χ0) is 26.4. The Kier molecular flexibility index (Phi) is 6.85. The molecule has 0 amide bonds. The highest BCUT2D eigenvalue weighted by molar-refractivity contribution is 5.63. The first-order valence-corrected chi connectivity index (χ1v) is 7.06. The van der Waals surface area contributed by atoms with Crippen LogP contribution < -0.4 is 14.2 Å². The van der Waals surface area contributed by atoms with Gasteiger partial charge in [-0.05, 0) is 6.07 Å². The Morgan fingerprint density at radius 3 is 1.24 bits per heavy atom. The van der Waals surface area contributed by atoms with Crippen LogP contribution >= 0.6 is 0 Å². The number of hydrogen-bond acceptors (Lipinski definition) is 5. The van der Waals surface area contributed by atoms with Gasteiger partial charge in [-0.15, -0.1) is 0 Å². The van der Waals surface area contributed by atoms with E-state index in [2.05, 4.69) is 14.2 Å². The molecule has 0 aliphatic carbocycles. The second-order valence-electron chi connectivity index (χ2n) is 5.35. The quantitative estimate of drug-likeness (QED) is 0.241. The predicted molar refractivity (Wildman–Crippen MR) is 68.0 cm³/mol. The second-order valence-corrected chi connectivity index (χ2v) is 5.35. The molecular weight excluding hydrogens is 523 g/mol. The Balaban J connectivity index is 3.93. The van der Waals surface area contributed by atoms with E-state index in [1.807, 2.05) is 0 Å². The van der Waals surface area contributed by atoms with Gasteiger partial charge < -0.3 is 14.2 Å². The van der Waals surface area contributed by atoms with Crippen LogP contribution in [0.3, 0.4) is 0 Å². The first-order chi connectivity index (χ1) is 14.3. The average Bonchev–Trinajstić information content (AvgIpc) is 2.53. The van der Waals surface area contributed by atoms with Crippen molar-refractivity contribution in [3.05, 3.63) is 22.2 Å². The number of nitro groups is 1. The minimum absolute atomic E-state index is 0.484. The fourth-order valence-electron chi connectivity index (χ4n) is 1.52. The fraction of sp³-hybridized carbons (Fsp3) is 0.500. The molecule has 1 aromatic rings. The normalized spacial score (nSPS) is 14.2. The summed E-state index contributed by atoms with van der Waals surface area (Å²) in [5.74, 6) is -8.94. The van der Waals surface area contributed by atoms with Gasteiger partial charge in [-0.3, -0.25) is 10.1 Å². The molecule has 0 heterocycles. The van der Waals surface area contributed by atoms with E-state index < -0.39 is 76.8 Å². The summed E-state index contributed by atoms with van der Waals surface area (Å²) in [6.45, 7) is 0. The molecule has 6 nitrogen and oxygen atoms in total. The maximum absolute atomic E-state index is 13.2. The van der Waals surface area contributed by atoms with Crippen LogP contribution in [0.1, 0.15) is 0 Å². The Labute approximate surface area is 168 Å². The smallest absolute Gasteiger partial charge is 0.422 e. The van der Waals surface area contributed by atoms with E-state index in [9.17, 15) is 76.0 Å². The van der Waals surface area contributed by atoms with Gasteiger partial charge in [0, 0.05) is 6.07 Å². The van der Waals surface area contributed by atoms with Crippen molar-refractivity contribution >= 4 is 5.69 Å². The van der Waals surface area contributed by atoms with Crippen LogP contribution in [0.5, 0.6) is 17.2 Å². The number of halogens is 15. The predicted octanol–water partition coefficient (Wildman–Crippen LogP) is 6.20. The number of alkyl halides is 15. The molecule has 0 saturated heterocycles. The van der Waals surface area contributed by atoms with Crippen molar-refractivity contribution in [2.75, 3.05) is 0 Å². The molecule has 0 N–H and O–H groups in total. The Bertz CT molecular complexity index is 889. The van der Waals surface area contributed by atoms with Crippen molar-refractivity contribution in [3.63, 3.8) is 0 Å². The van der Waals surface area contributed by atoms with Gasteiger partial charge in [-0.2, -0.15) is 65.9 Å². The molecule has 1 aromatic carbocycles. The summed E-state index contributed by atoms with van der Waals surface area (Å²) in [5.41, 5.74) is -2.35. The van der Waals surface area contributed by atoms with Gasteiger partial charge in [0.1, 0.15) is 0 Å². The molecule has 0 radical (unpaired) electrons. The number of ether oxygens (including phenoxy) is 3. The van der Waals surface area contributed by atoms with Crippen molar-refractivity contribution in [2.45, 2.75) is 36.9 Å². The van der Waals surface area contributed by atoms with Crippen molar-refractivity contribution in [1.29, 1.82) is 0 Å². The zero-order valence-corrected chi connectivity index (χ0v) is 14.3. The highest BCUT2D eigenvalue weighted by Gasteiger charge is 2.65. The van der Waals surface area contributed by atoms with Crippen LogP contribution in [-0.2, 0) is 0 Å². The molecule has 0 saturated carbocycles. The van der Waals surface area contributed by atoms with Crippen LogP contribution in [0.15, 0.2) is 12.1 Å². The molecule has 0 unspecified atom stereocenters. The fourth-order valence-corrected chi connectivity index (χ4v) is 1.52. The van der Waals surface area contributed by atoms with Crippen molar-refractivity contribution in [2.24, 2.45) is 0 Å². The van der Waals surface area contributed by atoms with Crippen LogP contribution in [-0.4, -0.2) is 41.8 Å². The van der Waals surface area contributed by atoms with E-state index in [1.54, 1.807) is 0 Å². The number of rotatable bonds is 7. The molecule has 33 heavy (non-hydrogen) atoms. The average molecular weight is 525 g/mol.